The lowest BCUT2D eigenvalue weighted by Crippen LogP contribution is -2.12. The minimum Gasteiger partial charge on any atom is -0.457 e. The van der Waals surface area contributed by atoms with E-state index in [0.717, 1.165) is 133 Å². The Hall–Kier alpha value is -15.3. The first-order valence-corrected chi connectivity index (χ1v) is 43.2. The van der Waals surface area contributed by atoms with E-state index < -0.39 is 0 Å². The molecule has 0 radical (unpaired) electrons. The first-order chi connectivity index (χ1) is 61.1. The summed E-state index contributed by atoms with van der Waals surface area (Å²) in [5.41, 5.74) is 24.8. The van der Waals surface area contributed by atoms with Crippen LogP contribution in [0, 0.1) is 0 Å². The third kappa shape index (κ3) is 15.3. The molecule has 0 aliphatic heterocycles. The zero-order chi connectivity index (χ0) is 84.9. The molecule has 0 bridgehead atoms. The Morgan fingerprint density at radius 2 is 0.680 bits per heavy atom. The number of aromatic amines is 2. The number of ether oxygens (including phenoxy) is 2. The maximum Gasteiger partial charge on any atom is 0.137 e. The van der Waals surface area contributed by atoms with Crippen molar-refractivity contribution in [3.05, 3.63) is 416 Å². The number of nitrogen functional groups attached to an aromatic ring is 1. The van der Waals surface area contributed by atoms with E-state index >= 15 is 0 Å². The third-order valence-electron chi connectivity index (χ3n) is 23.7. The SMILES string of the molecule is CC(C)(C)c1ccnc(-n2c3ccccc3c3ccc(Oc4cccc(Br)c4)cc32)c1.CC(C)(C)c1ccnc(-n2c3ccccc3c3ccc(Oc4cccc(Nc5cccc6c5[nH]c5ccccc5c5c(-c7ccccc7)cccc5c5ccccc65)c4)cc32)c1.Nc1cccc2c1[nH]c1ccccc1c1c(-c3ccccc3)cccc1c1ccccc21. The summed E-state index contributed by atoms with van der Waals surface area (Å²) in [6.07, 6.45) is 3.82. The molecular formula is C114H89BrN8O2. The van der Waals surface area contributed by atoms with E-state index in [9.17, 15) is 0 Å². The predicted molar refractivity (Wildman–Crippen MR) is 531 cm³/mol. The van der Waals surface area contributed by atoms with Gasteiger partial charge in [0.2, 0.25) is 0 Å². The van der Waals surface area contributed by atoms with Crippen molar-refractivity contribution in [3.8, 4) is 56.9 Å². The molecule has 0 saturated carbocycles. The van der Waals surface area contributed by atoms with Crippen molar-refractivity contribution < 1.29 is 9.47 Å². The number of benzene rings is 16. The number of para-hydroxylation sites is 6. The van der Waals surface area contributed by atoms with Crippen LogP contribution in [0.1, 0.15) is 52.7 Å². The Kier molecular flexibility index (Phi) is 20.6. The van der Waals surface area contributed by atoms with Crippen LogP contribution >= 0.6 is 15.9 Å². The summed E-state index contributed by atoms with van der Waals surface area (Å²) >= 11 is 3.51. The molecule has 0 fully saturated rings. The molecule has 0 spiro atoms. The second-order valence-electron chi connectivity index (χ2n) is 33.8. The van der Waals surface area contributed by atoms with E-state index in [-0.39, 0.29) is 10.8 Å². The van der Waals surface area contributed by atoms with Gasteiger partial charge in [-0.15, -0.1) is 0 Å². The number of nitrogens with one attached hydrogen (secondary N) is 3. The molecule has 604 valence electrons. The van der Waals surface area contributed by atoms with Crippen molar-refractivity contribution in [3.63, 3.8) is 0 Å². The fourth-order valence-corrected chi connectivity index (χ4v) is 18.1. The smallest absolute Gasteiger partial charge is 0.137 e. The van der Waals surface area contributed by atoms with E-state index in [1.807, 2.05) is 67.0 Å². The van der Waals surface area contributed by atoms with Crippen LogP contribution in [0.15, 0.2) is 405 Å². The number of aromatic nitrogens is 6. The Morgan fingerprint density at radius 1 is 0.304 bits per heavy atom. The Balaban J connectivity index is 0.000000131. The van der Waals surface area contributed by atoms with Gasteiger partial charge in [-0.25, -0.2) is 9.97 Å². The molecule has 0 saturated heterocycles. The van der Waals surface area contributed by atoms with E-state index in [2.05, 4.69) is 416 Å². The first-order valence-electron chi connectivity index (χ1n) is 42.4. The third-order valence-corrected chi connectivity index (χ3v) is 24.2. The van der Waals surface area contributed by atoms with Gasteiger partial charge in [0.1, 0.15) is 34.6 Å². The maximum atomic E-state index is 6.68. The number of hydrogen-bond donors (Lipinski definition) is 4. The zero-order valence-electron chi connectivity index (χ0n) is 70.2. The van der Waals surface area contributed by atoms with Crippen LogP contribution in [-0.4, -0.2) is 29.1 Å². The number of anilines is 3. The molecule has 0 atom stereocenters. The molecule has 0 unspecified atom stereocenters. The van der Waals surface area contributed by atoms with Gasteiger partial charge in [0.25, 0.3) is 0 Å². The van der Waals surface area contributed by atoms with Gasteiger partial charge in [-0.3, -0.25) is 9.13 Å². The molecule has 16 aromatic carbocycles. The maximum absolute atomic E-state index is 6.68. The highest BCUT2D eigenvalue weighted by Gasteiger charge is 2.23. The fraction of sp³-hybridized carbons (Fsp3) is 0.0702. The standard InChI is InChI=1S/C57H44N4O.C30H22N2.C27H23BrN2O/c1-57(2,3)38-32-33-58-54(34-38)61-52-29-12-10-22-45(52)46-31-30-41(36-53(46)61)62-40-19-13-18-39(35-40)59-51-28-15-26-48-44-21-8-7-20-43(44)47-25-14-24-42(37-16-5-4-6-17-37)55(47)49-23-9-11-27-50(49)60-56(48)51;31-27-18-9-17-25-23-13-5-4-12-22(23)24-16-8-15-21(20-10-2-1-3-11-20)29(24)26-14-6-7-19-28(26)32-30(25)27;1-27(2,3)18-13-14-29-26(15-18)30-24-10-5-4-9-22(24)23-12-11-21(17-25(23)30)31-20-8-6-7-19(28)16-20/h4-36,59-60H,1-3H3;1-19,32H,31H2;4-17H,1-3H3. The quantitative estimate of drug-likeness (QED) is 0.101. The number of nitrogens with zero attached hydrogens (tertiary/aromatic N) is 4. The highest BCUT2D eigenvalue weighted by Crippen LogP contribution is 2.44. The minimum atomic E-state index is -0.00978. The van der Waals surface area contributed by atoms with Crippen LogP contribution in [0.3, 0.4) is 0 Å². The van der Waals surface area contributed by atoms with E-state index in [4.69, 9.17) is 25.2 Å². The summed E-state index contributed by atoms with van der Waals surface area (Å²) in [5.74, 6) is 4.87. The van der Waals surface area contributed by atoms with E-state index in [0.29, 0.717) is 0 Å². The lowest BCUT2D eigenvalue weighted by molar-refractivity contribution is 0.483. The van der Waals surface area contributed by atoms with Gasteiger partial charge in [-0.05, 0) is 203 Å². The van der Waals surface area contributed by atoms with Gasteiger partial charge in [0, 0.05) is 94.9 Å². The van der Waals surface area contributed by atoms with Crippen molar-refractivity contribution >= 4 is 163 Å². The highest BCUT2D eigenvalue weighted by atomic mass is 79.9. The predicted octanol–water partition coefficient (Wildman–Crippen LogP) is 31.8. The molecular weight excluding hydrogens is 1590 g/mol. The molecule has 6 aromatic heterocycles. The summed E-state index contributed by atoms with van der Waals surface area (Å²) in [5, 5.41) is 22.6. The number of halogens is 1. The van der Waals surface area contributed by atoms with Gasteiger partial charge in [-0.2, -0.15) is 0 Å². The van der Waals surface area contributed by atoms with Crippen molar-refractivity contribution in [2.45, 2.75) is 52.4 Å². The first kappa shape index (κ1) is 78.3. The Bertz CT molecular complexity index is 8090. The number of nitrogens with two attached hydrogens (primary N) is 1. The number of H-pyrrole nitrogens is 2. The summed E-state index contributed by atoms with van der Waals surface area (Å²) in [7, 11) is 0. The lowest BCUT2D eigenvalue weighted by atomic mass is 9.88. The van der Waals surface area contributed by atoms with Crippen LogP contribution in [-0.2, 0) is 10.8 Å². The molecule has 0 aliphatic carbocycles. The second kappa shape index (κ2) is 32.9. The average Bonchev–Trinajstić information content (AvgIpc) is 1.64. The van der Waals surface area contributed by atoms with E-state index in [1.54, 1.807) is 0 Å². The largest absolute Gasteiger partial charge is 0.457 e. The number of hydrogen-bond acceptors (Lipinski definition) is 6. The topological polar surface area (TPSA) is 124 Å². The van der Waals surface area contributed by atoms with Crippen LogP contribution < -0.4 is 20.5 Å². The van der Waals surface area contributed by atoms with Gasteiger partial charge in [-0.1, -0.05) is 312 Å². The van der Waals surface area contributed by atoms with Crippen LogP contribution in [0.5, 0.6) is 23.0 Å². The average molecular weight is 1680 g/mol. The van der Waals surface area contributed by atoms with Crippen molar-refractivity contribution in [1.29, 1.82) is 0 Å². The molecule has 22 aromatic rings. The van der Waals surface area contributed by atoms with Crippen molar-refractivity contribution in [1.82, 2.24) is 29.1 Å². The highest BCUT2D eigenvalue weighted by molar-refractivity contribution is 9.10. The molecule has 10 nitrogen and oxygen atoms in total. The summed E-state index contributed by atoms with van der Waals surface area (Å²) in [4.78, 5) is 17.2. The van der Waals surface area contributed by atoms with Gasteiger partial charge >= 0.3 is 0 Å². The van der Waals surface area contributed by atoms with Gasteiger partial charge < -0.3 is 30.5 Å². The van der Waals surface area contributed by atoms with Crippen molar-refractivity contribution in [2.75, 3.05) is 11.1 Å². The van der Waals surface area contributed by atoms with Crippen LogP contribution in [0.2, 0.25) is 0 Å². The molecule has 5 N–H and O–H groups in total. The number of fused-ring (bicyclic) bond motifs is 20. The molecule has 0 amide bonds. The summed E-state index contributed by atoms with van der Waals surface area (Å²) in [6.45, 7) is 13.4. The normalized spacial score (nSPS) is 11.7. The number of pyridine rings is 2. The van der Waals surface area contributed by atoms with Crippen molar-refractivity contribution in [2.24, 2.45) is 0 Å². The van der Waals surface area contributed by atoms with Crippen LogP contribution in [0.4, 0.5) is 17.1 Å². The van der Waals surface area contributed by atoms with Gasteiger partial charge in [0.05, 0.1) is 44.5 Å². The van der Waals surface area contributed by atoms with E-state index in [1.165, 1.54) is 87.2 Å². The second-order valence-corrected chi connectivity index (χ2v) is 34.7. The fourth-order valence-electron chi connectivity index (χ4n) is 17.7. The number of rotatable bonds is 10. The minimum absolute atomic E-state index is 0.00978. The molecule has 11 heteroatoms. The molecule has 22 rings (SSSR count). The molecule has 6 heterocycles. The zero-order valence-corrected chi connectivity index (χ0v) is 71.8. The molecule has 125 heavy (non-hydrogen) atoms. The lowest BCUT2D eigenvalue weighted by Gasteiger charge is -2.20. The van der Waals surface area contributed by atoms with Gasteiger partial charge in [0.15, 0.2) is 0 Å². The van der Waals surface area contributed by atoms with Crippen LogP contribution in [0.25, 0.3) is 164 Å². The summed E-state index contributed by atoms with van der Waals surface area (Å²) in [6, 6.07) is 136. The Labute approximate surface area is 733 Å². The monoisotopic (exact) mass is 1680 g/mol. The molecule has 0 aliphatic rings. The Morgan fingerprint density at radius 3 is 1.18 bits per heavy atom. The summed E-state index contributed by atoms with van der Waals surface area (Å²) < 4.78 is 18.3.